The highest BCUT2D eigenvalue weighted by atomic mass is 16.5. The third kappa shape index (κ3) is 5.49. The van der Waals surface area contributed by atoms with E-state index in [-0.39, 0.29) is 12.5 Å². The average molecular weight is 367 g/mol. The number of piperidine rings is 1. The second-order valence-corrected chi connectivity index (χ2v) is 7.78. The molecule has 1 aliphatic heterocycles. The van der Waals surface area contributed by atoms with Gasteiger partial charge >= 0.3 is 0 Å². The molecule has 0 atom stereocenters. The monoisotopic (exact) mass is 366 g/mol. The van der Waals surface area contributed by atoms with Crippen molar-refractivity contribution in [3.63, 3.8) is 0 Å². The molecule has 0 unspecified atom stereocenters. The number of rotatable bonds is 6. The number of carbonyl (C=O) groups excluding carboxylic acids is 1. The molecule has 4 nitrogen and oxygen atoms in total. The minimum Gasteiger partial charge on any atom is -0.484 e. The highest BCUT2D eigenvalue weighted by Crippen LogP contribution is 2.24. The molecule has 1 amide bonds. The fourth-order valence-corrected chi connectivity index (χ4v) is 3.33. The van der Waals surface area contributed by atoms with E-state index in [1.54, 1.807) is 0 Å². The Hall–Kier alpha value is -2.49. The van der Waals surface area contributed by atoms with Crippen molar-refractivity contribution in [2.75, 3.05) is 29.9 Å². The molecule has 1 saturated heterocycles. The molecule has 0 radical (unpaired) electrons. The number of anilines is 2. The number of nitrogens with one attached hydrogen (secondary N) is 1. The Morgan fingerprint density at radius 1 is 1.15 bits per heavy atom. The van der Waals surface area contributed by atoms with Crippen molar-refractivity contribution in [3.8, 4) is 5.75 Å². The number of hydrogen-bond acceptors (Lipinski definition) is 3. The van der Waals surface area contributed by atoms with Gasteiger partial charge in [0.25, 0.3) is 5.91 Å². The molecule has 1 heterocycles. The standard InChI is InChI=1S/C23H30N2O2/c1-17(2)19-5-4-6-22(15-19)27-16-23(26)24-20-7-9-21(10-8-20)25-13-11-18(3)12-14-25/h4-10,15,17-18H,11-14,16H2,1-3H3,(H,24,26). The second-order valence-electron chi connectivity index (χ2n) is 7.78. The zero-order chi connectivity index (χ0) is 19.2. The molecule has 4 heteroatoms. The summed E-state index contributed by atoms with van der Waals surface area (Å²) in [4.78, 5) is 14.6. The van der Waals surface area contributed by atoms with Crippen LogP contribution in [0.3, 0.4) is 0 Å². The lowest BCUT2D eigenvalue weighted by Crippen LogP contribution is -2.32. The van der Waals surface area contributed by atoms with Gasteiger partial charge in [-0.1, -0.05) is 32.9 Å². The molecule has 2 aromatic carbocycles. The van der Waals surface area contributed by atoms with Crippen molar-refractivity contribution in [1.82, 2.24) is 0 Å². The van der Waals surface area contributed by atoms with Gasteiger partial charge in [-0.05, 0) is 66.6 Å². The van der Waals surface area contributed by atoms with Gasteiger partial charge in [-0.3, -0.25) is 4.79 Å². The van der Waals surface area contributed by atoms with Gasteiger partial charge < -0.3 is 15.0 Å². The summed E-state index contributed by atoms with van der Waals surface area (Å²) in [5.74, 6) is 1.83. The predicted octanol–water partition coefficient (Wildman–Crippen LogP) is 5.06. The molecule has 3 rings (SSSR count). The molecular weight excluding hydrogens is 336 g/mol. The van der Waals surface area contributed by atoms with Gasteiger partial charge in [-0.2, -0.15) is 0 Å². The van der Waals surface area contributed by atoms with Gasteiger partial charge in [0, 0.05) is 24.5 Å². The highest BCUT2D eigenvalue weighted by molar-refractivity contribution is 5.92. The van der Waals surface area contributed by atoms with E-state index in [0.29, 0.717) is 5.92 Å². The lowest BCUT2D eigenvalue weighted by atomic mass is 9.99. The van der Waals surface area contributed by atoms with E-state index < -0.39 is 0 Å². The summed E-state index contributed by atoms with van der Waals surface area (Å²) in [5, 5.41) is 2.90. The van der Waals surface area contributed by atoms with Crippen LogP contribution in [0.25, 0.3) is 0 Å². The lowest BCUT2D eigenvalue weighted by Gasteiger charge is -2.32. The van der Waals surface area contributed by atoms with E-state index in [1.807, 2.05) is 30.3 Å². The first-order chi connectivity index (χ1) is 13.0. The Morgan fingerprint density at radius 2 is 1.85 bits per heavy atom. The summed E-state index contributed by atoms with van der Waals surface area (Å²) in [6.07, 6.45) is 2.49. The highest BCUT2D eigenvalue weighted by Gasteiger charge is 2.16. The van der Waals surface area contributed by atoms with Crippen LogP contribution < -0.4 is 15.0 Å². The van der Waals surface area contributed by atoms with Crippen molar-refractivity contribution in [2.45, 2.75) is 39.5 Å². The normalized spacial score (nSPS) is 15.0. The van der Waals surface area contributed by atoms with E-state index in [4.69, 9.17) is 4.74 Å². The summed E-state index contributed by atoms with van der Waals surface area (Å²) in [5.41, 5.74) is 3.23. The molecule has 1 fully saturated rings. The van der Waals surface area contributed by atoms with Crippen LogP contribution in [0, 0.1) is 5.92 Å². The number of nitrogens with zero attached hydrogens (tertiary/aromatic N) is 1. The predicted molar refractivity (Wildman–Crippen MR) is 112 cm³/mol. The summed E-state index contributed by atoms with van der Waals surface area (Å²) in [6, 6.07) is 16.0. The summed E-state index contributed by atoms with van der Waals surface area (Å²) < 4.78 is 5.64. The maximum Gasteiger partial charge on any atom is 0.262 e. The van der Waals surface area contributed by atoms with Crippen LogP contribution in [-0.4, -0.2) is 25.6 Å². The summed E-state index contributed by atoms with van der Waals surface area (Å²) in [6.45, 7) is 8.82. The maximum absolute atomic E-state index is 12.2. The quantitative estimate of drug-likeness (QED) is 0.776. The molecule has 0 spiro atoms. The first kappa shape index (κ1) is 19.3. The Balaban J connectivity index is 1.50. The molecule has 0 saturated carbocycles. The number of carbonyl (C=O) groups is 1. The fourth-order valence-electron chi connectivity index (χ4n) is 3.33. The smallest absolute Gasteiger partial charge is 0.262 e. The second kappa shape index (κ2) is 8.94. The van der Waals surface area contributed by atoms with E-state index in [2.05, 4.69) is 49.2 Å². The van der Waals surface area contributed by atoms with Crippen LogP contribution in [0.4, 0.5) is 11.4 Å². The maximum atomic E-state index is 12.2. The topological polar surface area (TPSA) is 41.6 Å². The van der Waals surface area contributed by atoms with Crippen molar-refractivity contribution in [2.24, 2.45) is 5.92 Å². The van der Waals surface area contributed by atoms with Crippen LogP contribution in [0.5, 0.6) is 5.75 Å². The van der Waals surface area contributed by atoms with Crippen molar-refractivity contribution in [3.05, 3.63) is 54.1 Å². The van der Waals surface area contributed by atoms with Crippen LogP contribution in [-0.2, 0) is 4.79 Å². The Bertz CT molecular complexity index is 747. The zero-order valence-electron chi connectivity index (χ0n) is 16.6. The largest absolute Gasteiger partial charge is 0.484 e. The van der Waals surface area contributed by atoms with E-state index in [1.165, 1.54) is 24.1 Å². The van der Waals surface area contributed by atoms with Gasteiger partial charge in [0.05, 0.1) is 0 Å². The first-order valence-corrected chi connectivity index (χ1v) is 9.89. The van der Waals surface area contributed by atoms with Crippen LogP contribution in [0.1, 0.15) is 45.1 Å². The van der Waals surface area contributed by atoms with Gasteiger partial charge in [-0.25, -0.2) is 0 Å². The van der Waals surface area contributed by atoms with Crippen molar-refractivity contribution < 1.29 is 9.53 Å². The molecule has 1 N–H and O–H groups in total. The fraction of sp³-hybridized carbons (Fsp3) is 0.435. The van der Waals surface area contributed by atoms with Crippen molar-refractivity contribution >= 4 is 17.3 Å². The number of ether oxygens (including phenoxy) is 1. The molecular formula is C23H30N2O2. The third-order valence-electron chi connectivity index (χ3n) is 5.19. The van der Waals surface area contributed by atoms with Crippen LogP contribution >= 0.6 is 0 Å². The van der Waals surface area contributed by atoms with Gasteiger partial charge in [0.1, 0.15) is 5.75 Å². The van der Waals surface area contributed by atoms with Gasteiger partial charge in [0.15, 0.2) is 6.61 Å². The van der Waals surface area contributed by atoms with Crippen molar-refractivity contribution in [1.29, 1.82) is 0 Å². The Morgan fingerprint density at radius 3 is 2.52 bits per heavy atom. The van der Waals surface area contributed by atoms with Crippen LogP contribution in [0.2, 0.25) is 0 Å². The van der Waals surface area contributed by atoms with E-state index in [0.717, 1.165) is 30.4 Å². The lowest BCUT2D eigenvalue weighted by molar-refractivity contribution is -0.118. The molecule has 0 aliphatic carbocycles. The molecule has 144 valence electrons. The van der Waals surface area contributed by atoms with E-state index >= 15 is 0 Å². The molecule has 27 heavy (non-hydrogen) atoms. The average Bonchev–Trinajstić information content (AvgIpc) is 2.68. The number of hydrogen-bond donors (Lipinski definition) is 1. The van der Waals surface area contributed by atoms with E-state index in [9.17, 15) is 4.79 Å². The number of benzene rings is 2. The minimum atomic E-state index is -0.149. The SMILES string of the molecule is CC1CCN(c2ccc(NC(=O)COc3cccc(C(C)C)c3)cc2)CC1. The summed E-state index contributed by atoms with van der Waals surface area (Å²) >= 11 is 0. The molecule has 0 bridgehead atoms. The summed E-state index contributed by atoms with van der Waals surface area (Å²) in [7, 11) is 0. The Kier molecular flexibility index (Phi) is 6.38. The third-order valence-corrected chi connectivity index (χ3v) is 5.19. The minimum absolute atomic E-state index is 0.00726. The Labute approximate surface area is 162 Å². The molecule has 1 aliphatic rings. The number of amides is 1. The molecule has 2 aromatic rings. The van der Waals surface area contributed by atoms with Crippen LogP contribution in [0.15, 0.2) is 48.5 Å². The van der Waals surface area contributed by atoms with Gasteiger partial charge in [-0.15, -0.1) is 0 Å². The molecule has 0 aromatic heterocycles. The zero-order valence-corrected chi connectivity index (χ0v) is 16.6. The van der Waals surface area contributed by atoms with Gasteiger partial charge in [0.2, 0.25) is 0 Å². The first-order valence-electron chi connectivity index (χ1n) is 9.89.